The number of rotatable bonds is 5. The third-order valence-electron chi connectivity index (χ3n) is 2.70. The molecular formula is C14H13Cl2NO2S. The summed E-state index contributed by atoms with van der Waals surface area (Å²) in [5, 5.41) is 0.964. The van der Waals surface area contributed by atoms with Crippen molar-refractivity contribution in [2.45, 2.75) is 12.3 Å². The van der Waals surface area contributed by atoms with Crippen LogP contribution in [0.4, 0.5) is 0 Å². The molecule has 0 saturated heterocycles. The maximum absolute atomic E-state index is 12.0. The number of nitrogens with one attached hydrogen (secondary N) is 1. The molecule has 0 saturated carbocycles. The van der Waals surface area contributed by atoms with E-state index in [2.05, 4.69) is 4.72 Å². The molecule has 1 N–H and O–H groups in total. The molecule has 0 heterocycles. The average Bonchev–Trinajstić information content (AvgIpc) is 2.38. The second-order valence-electron chi connectivity index (χ2n) is 4.30. The minimum absolute atomic E-state index is 0.0565. The van der Waals surface area contributed by atoms with E-state index in [1.165, 1.54) is 0 Å². The molecule has 2 aromatic rings. The summed E-state index contributed by atoms with van der Waals surface area (Å²) in [5.41, 5.74) is 1.43. The Morgan fingerprint density at radius 3 is 2.35 bits per heavy atom. The zero-order valence-electron chi connectivity index (χ0n) is 10.5. The van der Waals surface area contributed by atoms with Crippen LogP contribution in [0.2, 0.25) is 10.0 Å². The third-order valence-corrected chi connectivity index (χ3v) is 4.58. The van der Waals surface area contributed by atoms with Crippen molar-refractivity contribution >= 4 is 33.2 Å². The van der Waals surface area contributed by atoms with Gasteiger partial charge in [-0.1, -0.05) is 59.6 Å². The Hall–Kier alpha value is -1.07. The molecule has 0 radical (unpaired) electrons. The van der Waals surface area contributed by atoms with Gasteiger partial charge in [0.25, 0.3) is 0 Å². The fourth-order valence-corrected chi connectivity index (χ4v) is 3.28. The van der Waals surface area contributed by atoms with E-state index in [0.29, 0.717) is 15.6 Å². The highest BCUT2D eigenvalue weighted by Gasteiger charge is 2.12. The predicted octanol–water partition coefficient (Wildman–Crippen LogP) is 3.61. The number of hydrogen-bond acceptors (Lipinski definition) is 2. The maximum atomic E-state index is 12.0. The van der Waals surface area contributed by atoms with E-state index in [9.17, 15) is 8.42 Å². The minimum atomic E-state index is -3.40. The van der Waals surface area contributed by atoms with Gasteiger partial charge in [-0.2, -0.15) is 0 Å². The summed E-state index contributed by atoms with van der Waals surface area (Å²) in [6.45, 7) is 0.144. The first-order valence-corrected chi connectivity index (χ1v) is 8.32. The van der Waals surface area contributed by atoms with E-state index in [1.807, 2.05) is 6.07 Å². The molecule has 0 bridgehead atoms. The van der Waals surface area contributed by atoms with E-state index in [-0.39, 0.29) is 12.3 Å². The topological polar surface area (TPSA) is 46.2 Å². The van der Waals surface area contributed by atoms with Crippen LogP contribution in [0.25, 0.3) is 0 Å². The summed E-state index contributed by atoms with van der Waals surface area (Å²) in [7, 11) is -3.40. The molecule has 20 heavy (non-hydrogen) atoms. The number of sulfonamides is 1. The Morgan fingerprint density at radius 2 is 1.70 bits per heavy atom. The van der Waals surface area contributed by atoms with Crippen LogP contribution in [-0.4, -0.2) is 8.42 Å². The first-order valence-electron chi connectivity index (χ1n) is 5.91. The van der Waals surface area contributed by atoms with Crippen molar-refractivity contribution in [1.29, 1.82) is 0 Å². The molecule has 106 valence electrons. The SMILES string of the molecule is O=S(=O)(Cc1ccccc1)NCc1ccc(Cl)cc1Cl. The second kappa shape index (κ2) is 6.59. The standard InChI is InChI=1S/C14H13Cl2NO2S/c15-13-7-6-12(14(16)8-13)9-17-20(18,19)10-11-4-2-1-3-5-11/h1-8,17H,9-10H2. The Bertz CT molecular complexity index is 688. The molecule has 2 rings (SSSR count). The summed E-state index contributed by atoms with van der Waals surface area (Å²) < 4.78 is 26.5. The zero-order valence-corrected chi connectivity index (χ0v) is 12.8. The van der Waals surface area contributed by atoms with Gasteiger partial charge in [0.05, 0.1) is 5.75 Å². The van der Waals surface area contributed by atoms with Gasteiger partial charge in [0.2, 0.25) is 10.0 Å². The number of hydrogen-bond donors (Lipinski definition) is 1. The van der Waals surface area contributed by atoms with Gasteiger partial charge in [-0.25, -0.2) is 13.1 Å². The quantitative estimate of drug-likeness (QED) is 0.910. The number of benzene rings is 2. The smallest absolute Gasteiger partial charge is 0.212 e. The van der Waals surface area contributed by atoms with Gasteiger partial charge < -0.3 is 0 Å². The Labute approximate surface area is 128 Å². The maximum Gasteiger partial charge on any atom is 0.216 e. The molecule has 3 nitrogen and oxygen atoms in total. The van der Waals surface area contributed by atoms with Crippen LogP contribution in [0.1, 0.15) is 11.1 Å². The lowest BCUT2D eigenvalue weighted by molar-refractivity contribution is 0.580. The molecule has 0 aliphatic carbocycles. The van der Waals surface area contributed by atoms with Gasteiger partial charge in [0, 0.05) is 16.6 Å². The highest BCUT2D eigenvalue weighted by molar-refractivity contribution is 7.88. The predicted molar refractivity (Wildman–Crippen MR) is 82.4 cm³/mol. The van der Waals surface area contributed by atoms with Crippen LogP contribution >= 0.6 is 23.2 Å². The highest BCUT2D eigenvalue weighted by atomic mass is 35.5. The Morgan fingerprint density at radius 1 is 1.00 bits per heavy atom. The molecular weight excluding hydrogens is 317 g/mol. The Balaban J connectivity index is 2.02. The zero-order chi connectivity index (χ0) is 14.6. The lowest BCUT2D eigenvalue weighted by Gasteiger charge is -2.08. The van der Waals surface area contributed by atoms with Gasteiger partial charge in [-0.05, 0) is 23.3 Å². The summed E-state index contributed by atoms with van der Waals surface area (Å²) >= 11 is 11.8. The van der Waals surface area contributed by atoms with Crippen molar-refractivity contribution in [3.8, 4) is 0 Å². The van der Waals surface area contributed by atoms with E-state index in [1.54, 1.807) is 42.5 Å². The molecule has 0 amide bonds. The molecule has 6 heteroatoms. The molecule has 0 aromatic heterocycles. The van der Waals surface area contributed by atoms with Gasteiger partial charge >= 0.3 is 0 Å². The van der Waals surface area contributed by atoms with Crippen LogP contribution in [0, 0.1) is 0 Å². The van der Waals surface area contributed by atoms with E-state index in [0.717, 1.165) is 5.56 Å². The first-order chi connectivity index (χ1) is 9.46. The summed E-state index contributed by atoms with van der Waals surface area (Å²) in [6.07, 6.45) is 0. The van der Waals surface area contributed by atoms with Crippen molar-refractivity contribution in [3.63, 3.8) is 0 Å². The van der Waals surface area contributed by atoms with E-state index < -0.39 is 10.0 Å². The normalized spacial score (nSPS) is 11.5. The van der Waals surface area contributed by atoms with E-state index in [4.69, 9.17) is 23.2 Å². The highest BCUT2D eigenvalue weighted by Crippen LogP contribution is 2.21. The Kier molecular flexibility index (Phi) is 5.05. The fraction of sp³-hybridized carbons (Fsp3) is 0.143. The lowest BCUT2D eigenvalue weighted by atomic mass is 10.2. The third kappa shape index (κ3) is 4.49. The second-order valence-corrected chi connectivity index (χ2v) is 6.95. The summed E-state index contributed by atoms with van der Waals surface area (Å²) in [5.74, 6) is -0.0565. The summed E-state index contributed by atoms with van der Waals surface area (Å²) in [6, 6.07) is 14.0. The van der Waals surface area contributed by atoms with Crippen molar-refractivity contribution in [2.24, 2.45) is 0 Å². The summed E-state index contributed by atoms with van der Waals surface area (Å²) in [4.78, 5) is 0. The number of halogens is 2. The van der Waals surface area contributed by atoms with E-state index >= 15 is 0 Å². The van der Waals surface area contributed by atoms with Crippen molar-refractivity contribution < 1.29 is 8.42 Å². The van der Waals surface area contributed by atoms with Crippen LogP contribution in [0.5, 0.6) is 0 Å². The van der Waals surface area contributed by atoms with Crippen LogP contribution in [-0.2, 0) is 22.3 Å². The molecule has 0 aliphatic rings. The van der Waals surface area contributed by atoms with Gasteiger partial charge in [-0.3, -0.25) is 0 Å². The van der Waals surface area contributed by atoms with Crippen LogP contribution in [0.3, 0.4) is 0 Å². The molecule has 0 aliphatic heterocycles. The minimum Gasteiger partial charge on any atom is -0.212 e. The molecule has 0 fully saturated rings. The molecule has 0 atom stereocenters. The van der Waals surface area contributed by atoms with Gasteiger partial charge in [0.1, 0.15) is 0 Å². The average molecular weight is 330 g/mol. The lowest BCUT2D eigenvalue weighted by Crippen LogP contribution is -2.24. The van der Waals surface area contributed by atoms with Crippen molar-refractivity contribution in [1.82, 2.24) is 4.72 Å². The molecule has 2 aromatic carbocycles. The van der Waals surface area contributed by atoms with Crippen LogP contribution < -0.4 is 4.72 Å². The largest absolute Gasteiger partial charge is 0.216 e. The first kappa shape index (κ1) is 15.3. The van der Waals surface area contributed by atoms with Crippen molar-refractivity contribution in [2.75, 3.05) is 0 Å². The van der Waals surface area contributed by atoms with Crippen LogP contribution in [0.15, 0.2) is 48.5 Å². The van der Waals surface area contributed by atoms with Gasteiger partial charge in [0.15, 0.2) is 0 Å². The van der Waals surface area contributed by atoms with Crippen molar-refractivity contribution in [3.05, 3.63) is 69.7 Å². The van der Waals surface area contributed by atoms with Gasteiger partial charge in [-0.15, -0.1) is 0 Å². The molecule has 0 spiro atoms. The monoisotopic (exact) mass is 329 g/mol. The fourth-order valence-electron chi connectivity index (χ4n) is 1.70. The molecule has 0 unspecified atom stereocenters.